The molecule has 0 aliphatic carbocycles. The van der Waals surface area contributed by atoms with Crippen LogP contribution in [0.2, 0.25) is 0 Å². The highest BCUT2D eigenvalue weighted by atomic mass is 16.5. The van der Waals surface area contributed by atoms with Crippen LogP contribution in [-0.4, -0.2) is 41.1 Å². The van der Waals surface area contributed by atoms with Gasteiger partial charge in [0.1, 0.15) is 12.1 Å². The topological polar surface area (TPSA) is 92.3 Å². The number of carbonyl (C=O) groups excluding carboxylic acids is 1. The van der Waals surface area contributed by atoms with E-state index in [0.29, 0.717) is 23.5 Å². The van der Waals surface area contributed by atoms with Gasteiger partial charge >= 0.3 is 0 Å². The normalized spacial score (nSPS) is 14.2. The molecular weight excluding hydrogens is 392 g/mol. The van der Waals surface area contributed by atoms with Crippen LogP contribution in [0.3, 0.4) is 0 Å². The lowest BCUT2D eigenvalue weighted by molar-refractivity contribution is -0.114. The Bertz CT molecular complexity index is 1030. The summed E-state index contributed by atoms with van der Waals surface area (Å²) in [6, 6.07) is 15.8. The van der Waals surface area contributed by atoms with Crippen LogP contribution in [0, 0.1) is 0 Å². The lowest BCUT2D eigenvalue weighted by Gasteiger charge is -2.32. The zero-order valence-electron chi connectivity index (χ0n) is 17.7. The van der Waals surface area contributed by atoms with Crippen molar-refractivity contribution in [2.24, 2.45) is 0 Å². The van der Waals surface area contributed by atoms with E-state index in [1.165, 1.54) is 18.8 Å². The van der Waals surface area contributed by atoms with E-state index in [1.807, 2.05) is 36.4 Å². The number of amides is 1. The van der Waals surface area contributed by atoms with Crippen molar-refractivity contribution in [2.45, 2.75) is 25.7 Å². The predicted octanol–water partition coefficient (Wildman–Crippen LogP) is 3.97. The van der Waals surface area contributed by atoms with Crippen molar-refractivity contribution < 1.29 is 9.53 Å². The molecule has 1 aliphatic rings. The first-order valence-electron chi connectivity index (χ1n) is 10.3. The average Bonchev–Trinajstić information content (AvgIpc) is 2.79. The van der Waals surface area contributed by atoms with Crippen molar-refractivity contribution >= 4 is 29.2 Å². The molecule has 0 atom stereocenters. The van der Waals surface area contributed by atoms with E-state index >= 15 is 0 Å². The number of hydrogen-bond acceptors (Lipinski definition) is 7. The molecule has 1 aliphatic heterocycles. The van der Waals surface area contributed by atoms with Gasteiger partial charge in [-0.3, -0.25) is 4.79 Å². The van der Waals surface area contributed by atoms with Crippen molar-refractivity contribution in [3.63, 3.8) is 0 Å². The molecule has 1 amide bonds. The van der Waals surface area contributed by atoms with E-state index in [4.69, 9.17) is 4.74 Å². The quantitative estimate of drug-likeness (QED) is 0.626. The average molecular weight is 419 g/mol. The first-order chi connectivity index (χ1) is 15.1. The first-order valence-corrected chi connectivity index (χ1v) is 10.3. The van der Waals surface area contributed by atoms with Crippen molar-refractivity contribution in [3.8, 4) is 5.75 Å². The third-order valence-corrected chi connectivity index (χ3v) is 5.36. The van der Waals surface area contributed by atoms with Gasteiger partial charge in [0.15, 0.2) is 0 Å². The maximum Gasteiger partial charge on any atom is 0.231 e. The minimum Gasteiger partial charge on any atom is -0.497 e. The van der Waals surface area contributed by atoms with Gasteiger partial charge in [-0.05, 0) is 54.7 Å². The molecule has 2 aromatic carbocycles. The molecule has 31 heavy (non-hydrogen) atoms. The summed E-state index contributed by atoms with van der Waals surface area (Å²) in [5.41, 5.74) is 2.85. The Morgan fingerprint density at radius 2 is 1.81 bits per heavy atom. The monoisotopic (exact) mass is 418 g/mol. The summed E-state index contributed by atoms with van der Waals surface area (Å²) in [7, 11) is 1.69. The second kappa shape index (κ2) is 9.42. The Hall–Kier alpha value is -3.68. The summed E-state index contributed by atoms with van der Waals surface area (Å²) >= 11 is 0. The van der Waals surface area contributed by atoms with Crippen LogP contribution in [0.25, 0.3) is 0 Å². The number of piperidine rings is 1. The number of hydrogen-bond donors (Lipinski definition) is 2. The summed E-state index contributed by atoms with van der Waals surface area (Å²) in [5, 5.41) is 5.96. The zero-order chi connectivity index (χ0) is 21.6. The predicted molar refractivity (Wildman–Crippen MR) is 121 cm³/mol. The molecule has 3 aromatic rings. The number of nitrogens with one attached hydrogen (secondary N) is 2. The van der Waals surface area contributed by atoms with E-state index < -0.39 is 0 Å². The molecule has 0 unspecified atom stereocenters. The Morgan fingerprint density at radius 3 is 2.52 bits per heavy atom. The molecule has 0 bridgehead atoms. The van der Waals surface area contributed by atoms with Gasteiger partial charge in [-0.15, -0.1) is 0 Å². The van der Waals surface area contributed by atoms with Gasteiger partial charge in [-0.2, -0.15) is 4.98 Å². The number of benzene rings is 2. The lowest BCUT2D eigenvalue weighted by Crippen LogP contribution is -2.34. The molecule has 1 fully saturated rings. The summed E-state index contributed by atoms with van der Waals surface area (Å²) in [4.78, 5) is 26.7. The van der Waals surface area contributed by atoms with Gasteiger partial charge in [0.25, 0.3) is 0 Å². The van der Waals surface area contributed by atoms with Gasteiger partial charge in [-0.25, -0.2) is 9.97 Å². The van der Waals surface area contributed by atoms with Gasteiger partial charge in [0.2, 0.25) is 17.8 Å². The number of carbonyl (C=O) groups is 1. The molecule has 0 radical (unpaired) electrons. The lowest BCUT2D eigenvalue weighted by atomic mass is 9.89. The molecule has 4 rings (SSSR count). The van der Waals surface area contributed by atoms with Gasteiger partial charge in [0.05, 0.1) is 7.11 Å². The highest BCUT2D eigenvalue weighted by molar-refractivity contribution is 5.89. The summed E-state index contributed by atoms with van der Waals surface area (Å²) in [5.74, 6) is 2.44. The molecular formula is C23H26N6O2. The SMILES string of the molecule is COc1ccc(C2CCN(c3ncnc(Nc4cccc(NC(C)=O)c4)n3)CC2)cc1. The van der Waals surface area contributed by atoms with E-state index in [1.54, 1.807) is 7.11 Å². The van der Waals surface area contributed by atoms with Crippen LogP contribution in [0.5, 0.6) is 5.75 Å². The zero-order valence-corrected chi connectivity index (χ0v) is 17.7. The summed E-state index contributed by atoms with van der Waals surface area (Å²) < 4.78 is 5.25. The summed E-state index contributed by atoms with van der Waals surface area (Å²) in [6.07, 6.45) is 3.61. The fourth-order valence-electron chi connectivity index (χ4n) is 3.80. The molecule has 1 saturated heterocycles. The molecule has 8 nitrogen and oxygen atoms in total. The molecule has 0 spiro atoms. The largest absolute Gasteiger partial charge is 0.497 e. The second-order valence-electron chi connectivity index (χ2n) is 7.53. The fraction of sp³-hybridized carbons (Fsp3) is 0.304. The maximum absolute atomic E-state index is 11.3. The highest BCUT2D eigenvalue weighted by Crippen LogP contribution is 2.30. The van der Waals surface area contributed by atoms with E-state index in [9.17, 15) is 4.79 Å². The molecule has 1 aromatic heterocycles. The van der Waals surface area contributed by atoms with Crippen molar-refractivity contribution in [1.29, 1.82) is 0 Å². The van der Waals surface area contributed by atoms with E-state index in [2.05, 4.69) is 42.6 Å². The van der Waals surface area contributed by atoms with Crippen LogP contribution < -0.4 is 20.3 Å². The molecule has 8 heteroatoms. The van der Waals surface area contributed by atoms with Crippen LogP contribution in [-0.2, 0) is 4.79 Å². The smallest absolute Gasteiger partial charge is 0.231 e. The van der Waals surface area contributed by atoms with Crippen molar-refractivity contribution in [1.82, 2.24) is 15.0 Å². The highest BCUT2D eigenvalue weighted by Gasteiger charge is 2.22. The number of nitrogens with zero attached hydrogens (tertiary/aromatic N) is 4. The third kappa shape index (κ3) is 5.28. The maximum atomic E-state index is 11.3. The second-order valence-corrected chi connectivity index (χ2v) is 7.53. The third-order valence-electron chi connectivity index (χ3n) is 5.36. The number of anilines is 4. The molecule has 2 heterocycles. The van der Waals surface area contributed by atoms with Crippen molar-refractivity contribution in [3.05, 3.63) is 60.4 Å². The number of ether oxygens (including phenoxy) is 1. The molecule has 160 valence electrons. The van der Waals surface area contributed by atoms with Crippen LogP contribution in [0.4, 0.5) is 23.3 Å². The number of rotatable bonds is 6. The van der Waals surface area contributed by atoms with Crippen LogP contribution in [0.1, 0.15) is 31.2 Å². The Morgan fingerprint density at radius 1 is 1.06 bits per heavy atom. The minimum atomic E-state index is -0.113. The Balaban J connectivity index is 1.39. The molecule has 2 N–H and O–H groups in total. The van der Waals surface area contributed by atoms with Gasteiger partial charge < -0.3 is 20.3 Å². The summed E-state index contributed by atoms with van der Waals surface area (Å²) in [6.45, 7) is 3.26. The molecule has 0 saturated carbocycles. The first kappa shape index (κ1) is 20.6. The van der Waals surface area contributed by atoms with E-state index in [-0.39, 0.29) is 5.91 Å². The van der Waals surface area contributed by atoms with Gasteiger partial charge in [0, 0.05) is 31.4 Å². The van der Waals surface area contributed by atoms with Crippen molar-refractivity contribution in [2.75, 3.05) is 35.7 Å². The fourth-order valence-corrected chi connectivity index (χ4v) is 3.80. The number of methoxy groups -OCH3 is 1. The Labute approximate surface area is 181 Å². The van der Waals surface area contributed by atoms with Crippen LogP contribution >= 0.6 is 0 Å². The standard InChI is InChI=1S/C23H26N6O2/c1-16(30)26-19-4-3-5-20(14-19)27-22-24-15-25-23(28-22)29-12-10-18(11-13-29)17-6-8-21(31-2)9-7-17/h3-9,14-15,18H,10-13H2,1-2H3,(H,26,30)(H,24,25,27,28). The van der Waals surface area contributed by atoms with Gasteiger partial charge in [-0.1, -0.05) is 18.2 Å². The van der Waals surface area contributed by atoms with Crippen LogP contribution in [0.15, 0.2) is 54.9 Å². The minimum absolute atomic E-state index is 0.113. The Kier molecular flexibility index (Phi) is 6.26. The van der Waals surface area contributed by atoms with E-state index in [0.717, 1.165) is 37.4 Å². The number of aromatic nitrogens is 3.